The van der Waals surface area contributed by atoms with Gasteiger partial charge in [-0.25, -0.2) is 4.79 Å². The van der Waals surface area contributed by atoms with E-state index in [1.165, 1.54) is 122 Å². The van der Waals surface area contributed by atoms with Gasteiger partial charge in [-0.05, 0) is 70.6 Å². The van der Waals surface area contributed by atoms with Gasteiger partial charge in [-0.15, -0.1) is 0 Å². The first-order chi connectivity index (χ1) is 31.6. The third-order valence-corrected chi connectivity index (χ3v) is 11.9. The van der Waals surface area contributed by atoms with Crippen molar-refractivity contribution in [3.63, 3.8) is 0 Å². The fourth-order valence-corrected chi connectivity index (χ4v) is 7.80. The lowest BCUT2D eigenvalue weighted by molar-refractivity contribution is -0.887. The van der Waals surface area contributed by atoms with Gasteiger partial charge < -0.3 is 23.8 Å². The van der Waals surface area contributed by atoms with Crippen molar-refractivity contribution in [2.75, 3.05) is 41.0 Å². The zero-order chi connectivity index (χ0) is 47.7. The highest BCUT2D eigenvalue weighted by Gasteiger charge is 2.31. The zero-order valence-electron chi connectivity index (χ0n) is 42.9. The number of nitrogens with zero attached hydrogens (tertiary/aromatic N) is 1. The molecule has 0 radical (unpaired) electrons. The van der Waals surface area contributed by atoms with E-state index in [0.717, 1.165) is 77.0 Å². The summed E-state index contributed by atoms with van der Waals surface area (Å²) in [6, 6.07) is -0.620. The Morgan fingerprint density at radius 1 is 0.492 bits per heavy atom. The van der Waals surface area contributed by atoms with Crippen LogP contribution in [0.2, 0.25) is 0 Å². The van der Waals surface area contributed by atoms with Crippen molar-refractivity contribution in [2.45, 2.75) is 244 Å². The molecule has 65 heavy (non-hydrogen) atoms. The average Bonchev–Trinajstić information content (AvgIpc) is 3.27. The molecule has 0 saturated heterocycles. The molecular weight excluding hydrogens is 811 g/mol. The largest absolute Gasteiger partial charge is 0.477 e. The van der Waals surface area contributed by atoms with Gasteiger partial charge in [0.05, 0.1) is 34.4 Å². The fraction of sp³-hybridized carbons (Fsp3) is 0.772. The first kappa shape index (κ1) is 62.0. The van der Waals surface area contributed by atoms with E-state index in [1.54, 1.807) is 0 Å². The normalized spacial score (nSPS) is 13.3. The number of quaternary nitrogens is 1. The Morgan fingerprint density at radius 3 is 1.37 bits per heavy atom. The molecule has 0 aromatic rings. The van der Waals surface area contributed by atoms with E-state index >= 15 is 0 Å². The summed E-state index contributed by atoms with van der Waals surface area (Å²) in [5.74, 6) is -1.48. The molecule has 0 aliphatic rings. The number of likely N-dealkylation sites (N-methyl/N-ethyl adjacent to an activating group) is 1. The van der Waals surface area contributed by atoms with Gasteiger partial charge in [0.1, 0.15) is 6.61 Å². The molecule has 8 nitrogen and oxygen atoms in total. The number of hydrogen-bond acceptors (Lipinski definition) is 6. The molecule has 0 aliphatic carbocycles. The summed E-state index contributed by atoms with van der Waals surface area (Å²) in [6.45, 7) is 4.63. The Bertz CT molecular complexity index is 1250. The SMILES string of the molecule is CC/C=C/C/C=C/C/C=C/CCCCCCCCCCCCCCCC(=O)OCC(COCCC(C(=O)O)[N+](C)(C)C)OC(=O)CCCCCCC/C=C/C=C/CCCCCCCCC. The second-order valence-corrected chi connectivity index (χ2v) is 19.1. The van der Waals surface area contributed by atoms with Gasteiger partial charge in [0.2, 0.25) is 0 Å². The quantitative estimate of drug-likeness (QED) is 0.0213. The molecule has 8 heteroatoms. The summed E-state index contributed by atoms with van der Waals surface area (Å²) in [7, 11) is 5.53. The van der Waals surface area contributed by atoms with Crippen LogP contribution in [0.4, 0.5) is 0 Å². The lowest BCUT2D eigenvalue weighted by atomic mass is 10.0. The fourth-order valence-electron chi connectivity index (χ4n) is 7.80. The number of carbonyl (C=O) groups excluding carboxylic acids is 2. The lowest BCUT2D eigenvalue weighted by Crippen LogP contribution is -2.50. The minimum Gasteiger partial charge on any atom is -0.477 e. The van der Waals surface area contributed by atoms with Crippen LogP contribution in [0.25, 0.3) is 0 Å². The lowest BCUT2D eigenvalue weighted by Gasteiger charge is -2.31. The molecular formula is C57H102NO7+. The van der Waals surface area contributed by atoms with E-state index in [1.807, 2.05) is 21.1 Å². The molecule has 0 saturated carbocycles. The predicted molar refractivity (Wildman–Crippen MR) is 275 cm³/mol. The van der Waals surface area contributed by atoms with Crippen LogP contribution in [-0.2, 0) is 28.6 Å². The molecule has 2 unspecified atom stereocenters. The van der Waals surface area contributed by atoms with Crippen molar-refractivity contribution in [1.82, 2.24) is 0 Å². The van der Waals surface area contributed by atoms with Crippen LogP contribution in [0, 0.1) is 0 Å². The molecule has 0 aliphatic heterocycles. The van der Waals surface area contributed by atoms with Crippen LogP contribution in [0.1, 0.15) is 232 Å². The molecule has 0 bridgehead atoms. The summed E-state index contributed by atoms with van der Waals surface area (Å²) in [5.41, 5.74) is 0. The Labute approximate surface area is 400 Å². The highest BCUT2D eigenvalue weighted by Crippen LogP contribution is 2.16. The first-order valence-corrected chi connectivity index (χ1v) is 26.8. The second kappa shape index (κ2) is 47.5. The van der Waals surface area contributed by atoms with Gasteiger partial charge in [0, 0.05) is 19.3 Å². The topological polar surface area (TPSA) is 99.1 Å². The molecule has 0 amide bonds. The maximum absolute atomic E-state index is 12.8. The number of rotatable bonds is 48. The van der Waals surface area contributed by atoms with Gasteiger partial charge in [-0.3, -0.25) is 9.59 Å². The van der Waals surface area contributed by atoms with Gasteiger partial charge in [-0.1, -0.05) is 203 Å². The standard InChI is InChI=1S/C57H101NO7/c1-6-8-10-12-14-16-18-20-22-24-26-27-28-29-30-32-33-35-37-39-41-43-45-47-55(59)64-52-53(51-63-50-49-54(57(61)62)58(3,4)5)65-56(60)48-46-44-42-40-38-36-34-31-25-23-21-19-17-15-13-11-9-7-2/h8,10,14,16,20,22-23,25,31,34,53-54H,6-7,9,11-13,15,17-19,21,24,26-30,32-33,35-52H2,1-5H3/p+1/b10-8+,16-14+,22-20+,25-23+,34-31+. The third-order valence-electron chi connectivity index (χ3n) is 11.9. The van der Waals surface area contributed by atoms with Crippen molar-refractivity contribution >= 4 is 17.9 Å². The number of esters is 2. The maximum Gasteiger partial charge on any atom is 0.362 e. The summed E-state index contributed by atoms with van der Waals surface area (Å²) in [6.07, 6.45) is 59.9. The second-order valence-electron chi connectivity index (χ2n) is 19.1. The van der Waals surface area contributed by atoms with Crippen molar-refractivity contribution in [3.8, 4) is 0 Å². The van der Waals surface area contributed by atoms with Gasteiger partial charge in [-0.2, -0.15) is 0 Å². The van der Waals surface area contributed by atoms with Crippen LogP contribution >= 0.6 is 0 Å². The number of carboxylic acid groups (broad SMARTS) is 1. The highest BCUT2D eigenvalue weighted by molar-refractivity contribution is 5.72. The molecule has 0 heterocycles. The minimum atomic E-state index is -0.877. The number of allylic oxidation sites excluding steroid dienone is 10. The Morgan fingerprint density at radius 2 is 0.908 bits per heavy atom. The third kappa shape index (κ3) is 46.0. The Balaban J connectivity index is 4.22. The van der Waals surface area contributed by atoms with Gasteiger partial charge in [0.25, 0.3) is 0 Å². The molecule has 1 N–H and O–H groups in total. The van der Waals surface area contributed by atoms with Crippen molar-refractivity contribution < 1.29 is 38.2 Å². The Hall–Kier alpha value is -2.97. The monoisotopic (exact) mass is 913 g/mol. The summed E-state index contributed by atoms with van der Waals surface area (Å²) < 4.78 is 17.4. The van der Waals surface area contributed by atoms with E-state index < -0.39 is 18.1 Å². The van der Waals surface area contributed by atoms with Crippen LogP contribution in [0.15, 0.2) is 60.8 Å². The predicted octanol–water partition coefficient (Wildman–Crippen LogP) is 15.7. The smallest absolute Gasteiger partial charge is 0.362 e. The molecule has 376 valence electrons. The summed E-state index contributed by atoms with van der Waals surface area (Å²) in [4.78, 5) is 37.2. The van der Waals surface area contributed by atoms with E-state index in [9.17, 15) is 19.5 Å². The summed E-state index contributed by atoms with van der Waals surface area (Å²) >= 11 is 0. The average molecular weight is 913 g/mol. The van der Waals surface area contributed by atoms with E-state index in [0.29, 0.717) is 19.3 Å². The maximum atomic E-state index is 12.8. The molecule has 0 aromatic heterocycles. The number of unbranched alkanes of at least 4 members (excludes halogenated alkanes) is 25. The van der Waals surface area contributed by atoms with Crippen LogP contribution in [-0.4, -0.2) is 80.6 Å². The molecule has 0 fully saturated rings. The molecule has 0 spiro atoms. The number of ether oxygens (including phenoxy) is 3. The molecule has 0 rings (SSSR count). The number of aliphatic carboxylic acids is 1. The molecule has 2 atom stereocenters. The minimum absolute atomic E-state index is 0.0541. The number of carboxylic acids is 1. The van der Waals surface area contributed by atoms with Gasteiger partial charge in [0.15, 0.2) is 12.1 Å². The summed E-state index contributed by atoms with van der Waals surface area (Å²) in [5, 5.41) is 9.66. The van der Waals surface area contributed by atoms with Crippen molar-refractivity contribution in [2.24, 2.45) is 0 Å². The molecule has 0 aromatic carbocycles. The van der Waals surface area contributed by atoms with Crippen molar-refractivity contribution in [1.29, 1.82) is 0 Å². The number of hydrogen-bond donors (Lipinski definition) is 1. The zero-order valence-corrected chi connectivity index (χ0v) is 42.9. The number of carbonyl (C=O) groups is 3. The first-order valence-electron chi connectivity index (χ1n) is 26.8. The van der Waals surface area contributed by atoms with Gasteiger partial charge >= 0.3 is 17.9 Å². The van der Waals surface area contributed by atoms with Crippen LogP contribution in [0.3, 0.4) is 0 Å². The highest BCUT2D eigenvalue weighted by atomic mass is 16.6. The van der Waals surface area contributed by atoms with E-state index in [4.69, 9.17) is 14.2 Å². The van der Waals surface area contributed by atoms with Crippen LogP contribution in [0.5, 0.6) is 0 Å². The van der Waals surface area contributed by atoms with E-state index in [-0.39, 0.29) is 36.2 Å². The van der Waals surface area contributed by atoms with Crippen LogP contribution < -0.4 is 0 Å². The Kier molecular flexibility index (Phi) is 45.3. The van der Waals surface area contributed by atoms with E-state index in [2.05, 4.69) is 74.6 Å². The van der Waals surface area contributed by atoms with Crippen molar-refractivity contribution in [3.05, 3.63) is 60.8 Å².